The van der Waals surface area contributed by atoms with Gasteiger partial charge in [-0.1, -0.05) is 36.4 Å². The number of anilines is 1. The number of nitrogens with one attached hydrogen (secondary N) is 1. The lowest BCUT2D eigenvalue weighted by atomic mass is 10.0. The molecule has 0 saturated heterocycles. The van der Waals surface area contributed by atoms with E-state index >= 15 is 0 Å². The number of aromatic hydroxyl groups is 1. The molecule has 6 N–H and O–H groups in total. The van der Waals surface area contributed by atoms with Crippen molar-refractivity contribution in [3.05, 3.63) is 71.3 Å². The molecule has 0 heterocycles. The standard InChI is InChI=1S/C27H32N2O7S/c1-17-15-20(19-6-3-18(4-7-19)5-12-25(32)33)8-11-24(17)36-14-13-29-16-23(31)21-9-10-22(30)27(26(21)28)37(2,34)35/h3-4,6-11,15,23,29-31H,5,12-14,16,28H2,1-2H3,(H,32,33). The number of carboxylic acid groups (broad SMARTS) is 1. The number of rotatable bonds is 12. The van der Waals surface area contributed by atoms with Crippen LogP contribution in [0.4, 0.5) is 5.69 Å². The summed E-state index contributed by atoms with van der Waals surface area (Å²) >= 11 is 0. The number of ether oxygens (including phenoxy) is 1. The van der Waals surface area contributed by atoms with E-state index in [1.165, 1.54) is 12.1 Å². The molecule has 1 atom stereocenters. The second-order valence-electron chi connectivity index (χ2n) is 8.83. The lowest BCUT2D eigenvalue weighted by Crippen LogP contribution is -2.26. The predicted molar refractivity (Wildman–Crippen MR) is 142 cm³/mol. The molecule has 9 nitrogen and oxygen atoms in total. The summed E-state index contributed by atoms with van der Waals surface area (Å²) in [4.78, 5) is 10.3. The smallest absolute Gasteiger partial charge is 0.303 e. The third-order valence-corrected chi connectivity index (χ3v) is 7.07. The maximum atomic E-state index is 11.9. The number of hydrogen-bond acceptors (Lipinski definition) is 8. The molecule has 198 valence electrons. The van der Waals surface area contributed by atoms with Crippen LogP contribution >= 0.6 is 0 Å². The van der Waals surface area contributed by atoms with Crippen molar-refractivity contribution in [3.63, 3.8) is 0 Å². The number of carbonyl (C=O) groups is 1. The molecule has 0 aromatic heterocycles. The Hall–Kier alpha value is -3.60. The molecule has 0 aliphatic rings. The molecule has 0 bridgehead atoms. The van der Waals surface area contributed by atoms with Gasteiger partial charge in [0.25, 0.3) is 0 Å². The first-order valence-corrected chi connectivity index (χ1v) is 13.6. The Labute approximate surface area is 216 Å². The molecule has 1 unspecified atom stereocenters. The van der Waals surface area contributed by atoms with Gasteiger partial charge in [0.2, 0.25) is 0 Å². The number of sulfone groups is 1. The molecule has 0 aliphatic carbocycles. The number of aliphatic hydroxyl groups excluding tert-OH is 1. The minimum Gasteiger partial charge on any atom is -0.507 e. The zero-order chi connectivity index (χ0) is 27.2. The molecule has 0 saturated carbocycles. The van der Waals surface area contributed by atoms with E-state index in [0.717, 1.165) is 34.3 Å². The number of nitrogens with two attached hydrogens (primary N) is 1. The molecule has 3 aromatic rings. The van der Waals surface area contributed by atoms with Crippen molar-refractivity contribution >= 4 is 21.5 Å². The maximum absolute atomic E-state index is 11.9. The van der Waals surface area contributed by atoms with E-state index in [1.54, 1.807) is 0 Å². The molecule has 10 heteroatoms. The summed E-state index contributed by atoms with van der Waals surface area (Å²) in [5.74, 6) is -0.539. The van der Waals surface area contributed by atoms with Crippen LogP contribution in [-0.2, 0) is 21.1 Å². The fraction of sp³-hybridized carbons (Fsp3) is 0.296. The minimum atomic E-state index is -3.76. The summed E-state index contributed by atoms with van der Waals surface area (Å²) in [5.41, 5.74) is 9.94. The van der Waals surface area contributed by atoms with Crippen molar-refractivity contribution in [1.82, 2.24) is 5.32 Å². The summed E-state index contributed by atoms with van der Waals surface area (Å²) in [5, 5.41) is 32.2. The summed E-state index contributed by atoms with van der Waals surface area (Å²) in [7, 11) is -3.76. The van der Waals surface area contributed by atoms with Gasteiger partial charge in [-0.05, 0) is 53.8 Å². The second-order valence-corrected chi connectivity index (χ2v) is 10.8. The Morgan fingerprint density at radius 3 is 2.38 bits per heavy atom. The SMILES string of the molecule is Cc1cc(-c2ccc(CCC(=O)O)cc2)ccc1OCCNCC(O)c1ccc(O)c(S(C)(=O)=O)c1N. The van der Waals surface area contributed by atoms with Gasteiger partial charge >= 0.3 is 5.97 Å². The van der Waals surface area contributed by atoms with Gasteiger partial charge < -0.3 is 31.1 Å². The fourth-order valence-corrected chi connectivity index (χ4v) is 4.94. The van der Waals surface area contributed by atoms with Crippen LogP contribution in [0.25, 0.3) is 11.1 Å². The van der Waals surface area contributed by atoms with Gasteiger partial charge in [0.15, 0.2) is 9.84 Å². The van der Waals surface area contributed by atoms with E-state index in [-0.39, 0.29) is 29.1 Å². The average Bonchev–Trinajstić information content (AvgIpc) is 2.82. The first kappa shape index (κ1) is 28.0. The molecule has 0 fully saturated rings. The van der Waals surface area contributed by atoms with Crippen LogP contribution in [-0.4, -0.2) is 55.7 Å². The summed E-state index contributed by atoms with van der Waals surface area (Å²) in [6.07, 6.45) is 0.473. The zero-order valence-corrected chi connectivity index (χ0v) is 21.6. The third-order valence-electron chi connectivity index (χ3n) is 5.90. The normalized spacial score (nSPS) is 12.3. The zero-order valence-electron chi connectivity index (χ0n) is 20.8. The van der Waals surface area contributed by atoms with Gasteiger partial charge in [0.05, 0.1) is 11.8 Å². The molecule has 0 spiro atoms. The highest BCUT2D eigenvalue weighted by Gasteiger charge is 2.22. The lowest BCUT2D eigenvalue weighted by Gasteiger charge is -2.17. The molecule has 0 amide bonds. The van der Waals surface area contributed by atoms with Crippen molar-refractivity contribution in [3.8, 4) is 22.6 Å². The van der Waals surface area contributed by atoms with Gasteiger partial charge in [-0.25, -0.2) is 8.42 Å². The molecular weight excluding hydrogens is 496 g/mol. The van der Waals surface area contributed by atoms with Crippen LogP contribution in [0, 0.1) is 6.92 Å². The van der Waals surface area contributed by atoms with E-state index in [1.807, 2.05) is 49.4 Å². The number of phenols is 1. The van der Waals surface area contributed by atoms with E-state index in [2.05, 4.69) is 5.32 Å². The number of nitrogen functional groups attached to an aromatic ring is 1. The molecule has 0 radical (unpaired) electrons. The predicted octanol–water partition coefficient (Wildman–Crippen LogP) is 3.07. The number of hydrogen-bond donors (Lipinski definition) is 5. The van der Waals surface area contributed by atoms with Crippen molar-refractivity contribution in [2.24, 2.45) is 0 Å². The maximum Gasteiger partial charge on any atom is 0.303 e. The van der Waals surface area contributed by atoms with Crippen molar-refractivity contribution in [2.75, 3.05) is 31.7 Å². The second kappa shape index (κ2) is 12.1. The number of benzene rings is 3. The van der Waals surface area contributed by atoms with Gasteiger partial charge in [-0.15, -0.1) is 0 Å². The van der Waals surface area contributed by atoms with Gasteiger partial charge in [-0.2, -0.15) is 0 Å². The van der Waals surface area contributed by atoms with Crippen molar-refractivity contribution < 1.29 is 33.3 Å². The summed E-state index contributed by atoms with van der Waals surface area (Å²) in [6.45, 7) is 2.82. The Morgan fingerprint density at radius 2 is 1.76 bits per heavy atom. The molecule has 0 aliphatic heterocycles. The molecule has 3 rings (SSSR count). The third kappa shape index (κ3) is 7.45. The van der Waals surface area contributed by atoms with E-state index in [4.69, 9.17) is 15.6 Å². The molecule has 37 heavy (non-hydrogen) atoms. The Bertz CT molecular complexity index is 1360. The van der Waals surface area contributed by atoms with E-state index in [0.29, 0.717) is 19.6 Å². The van der Waals surface area contributed by atoms with Gasteiger partial charge in [0, 0.05) is 31.3 Å². The first-order valence-electron chi connectivity index (χ1n) is 11.7. The van der Waals surface area contributed by atoms with Gasteiger partial charge in [-0.3, -0.25) is 4.79 Å². The summed E-state index contributed by atoms with van der Waals surface area (Å²) < 4.78 is 29.7. The van der Waals surface area contributed by atoms with E-state index < -0.39 is 27.7 Å². The number of aliphatic hydroxyl groups is 1. The fourth-order valence-electron chi connectivity index (χ4n) is 3.97. The quantitative estimate of drug-likeness (QED) is 0.176. The Balaban J connectivity index is 1.51. The largest absolute Gasteiger partial charge is 0.507 e. The highest BCUT2D eigenvalue weighted by atomic mass is 32.2. The number of carboxylic acids is 1. The molecular formula is C27H32N2O7S. The van der Waals surface area contributed by atoms with Crippen LogP contribution in [0.2, 0.25) is 0 Å². The monoisotopic (exact) mass is 528 g/mol. The summed E-state index contributed by atoms with van der Waals surface area (Å²) in [6, 6.07) is 16.3. The number of phenolic OH excluding ortho intramolecular Hbond substituents is 1. The van der Waals surface area contributed by atoms with Gasteiger partial charge in [0.1, 0.15) is 23.0 Å². The average molecular weight is 529 g/mol. The van der Waals surface area contributed by atoms with Crippen molar-refractivity contribution in [2.45, 2.75) is 30.8 Å². The Morgan fingerprint density at radius 1 is 1.08 bits per heavy atom. The van der Waals surface area contributed by atoms with Crippen molar-refractivity contribution in [1.29, 1.82) is 0 Å². The Kier molecular flexibility index (Phi) is 9.14. The highest BCUT2D eigenvalue weighted by molar-refractivity contribution is 7.91. The highest BCUT2D eigenvalue weighted by Crippen LogP contribution is 2.34. The van der Waals surface area contributed by atoms with E-state index in [9.17, 15) is 23.4 Å². The lowest BCUT2D eigenvalue weighted by molar-refractivity contribution is -0.136. The van der Waals surface area contributed by atoms with Crippen LogP contribution < -0.4 is 15.8 Å². The number of aliphatic carboxylic acids is 1. The van der Waals surface area contributed by atoms with Crippen LogP contribution in [0.3, 0.4) is 0 Å². The molecule has 3 aromatic carbocycles. The van der Waals surface area contributed by atoms with Crippen LogP contribution in [0.15, 0.2) is 59.5 Å². The van der Waals surface area contributed by atoms with Crippen LogP contribution in [0.5, 0.6) is 11.5 Å². The first-order chi connectivity index (χ1) is 17.5. The minimum absolute atomic E-state index is 0.104. The number of aryl methyl sites for hydroxylation is 2. The van der Waals surface area contributed by atoms with Crippen LogP contribution in [0.1, 0.15) is 29.2 Å². The topological polar surface area (TPSA) is 159 Å².